The van der Waals surface area contributed by atoms with Crippen molar-refractivity contribution in [3.05, 3.63) is 77.6 Å². The minimum Gasteiger partial charge on any atom is -0.437 e. The third-order valence-corrected chi connectivity index (χ3v) is 4.59. The van der Waals surface area contributed by atoms with Gasteiger partial charge in [-0.25, -0.2) is 4.98 Å². The number of carbonyl (C=O) groups is 1. The maximum Gasteiger partial charge on any atom is 0.243 e. The van der Waals surface area contributed by atoms with Crippen molar-refractivity contribution in [2.24, 2.45) is 0 Å². The molecule has 0 fully saturated rings. The minimum absolute atomic E-state index is 0.0921. The molecule has 6 heteroatoms. The van der Waals surface area contributed by atoms with Gasteiger partial charge in [0, 0.05) is 11.6 Å². The van der Waals surface area contributed by atoms with E-state index in [9.17, 15) is 4.79 Å². The Morgan fingerprint density at radius 2 is 1.93 bits per heavy atom. The Morgan fingerprint density at radius 3 is 2.82 bits per heavy atom. The maximum atomic E-state index is 12.6. The summed E-state index contributed by atoms with van der Waals surface area (Å²) in [6.07, 6.45) is 1.72. The van der Waals surface area contributed by atoms with Gasteiger partial charge in [-0.2, -0.15) is 0 Å². The summed E-state index contributed by atoms with van der Waals surface area (Å²) in [5.74, 6) is 0.823. The van der Waals surface area contributed by atoms with Crippen molar-refractivity contribution in [1.82, 2.24) is 10.1 Å². The Labute approximate surface area is 162 Å². The van der Waals surface area contributed by atoms with E-state index in [0.717, 1.165) is 16.5 Å². The number of fused-ring (bicyclic) bond motifs is 1. The number of para-hydroxylation sites is 1. The van der Waals surface area contributed by atoms with Gasteiger partial charge < -0.3 is 14.6 Å². The van der Waals surface area contributed by atoms with Gasteiger partial charge in [-0.1, -0.05) is 29.4 Å². The standard InChI is InChI=1S/C22H19N3O3/c1-14-7-5-11-19(15(14)2)27-22-17(9-6-12-23-22)24-21(26)13-18-16-8-3-4-10-20(16)28-25-18/h3-12H,13H2,1-2H3,(H,24,26). The number of aryl methyl sites for hydroxylation is 1. The Morgan fingerprint density at radius 1 is 1.07 bits per heavy atom. The van der Waals surface area contributed by atoms with Crippen LogP contribution in [0.25, 0.3) is 11.0 Å². The fourth-order valence-corrected chi connectivity index (χ4v) is 2.92. The largest absolute Gasteiger partial charge is 0.437 e. The van der Waals surface area contributed by atoms with Crippen LogP contribution in [0.1, 0.15) is 16.8 Å². The number of carbonyl (C=O) groups excluding carboxylic acids is 1. The number of aromatic nitrogens is 2. The van der Waals surface area contributed by atoms with E-state index in [1.165, 1.54) is 0 Å². The van der Waals surface area contributed by atoms with Gasteiger partial charge in [0.25, 0.3) is 0 Å². The summed E-state index contributed by atoms with van der Waals surface area (Å²) < 4.78 is 11.2. The molecule has 0 unspecified atom stereocenters. The number of ether oxygens (including phenoxy) is 1. The van der Waals surface area contributed by atoms with Crippen molar-refractivity contribution in [2.45, 2.75) is 20.3 Å². The molecule has 4 rings (SSSR count). The van der Waals surface area contributed by atoms with Crippen LogP contribution in [0.15, 0.2) is 65.3 Å². The maximum absolute atomic E-state index is 12.6. The quantitative estimate of drug-likeness (QED) is 0.543. The molecule has 0 aliphatic carbocycles. The fourth-order valence-electron chi connectivity index (χ4n) is 2.92. The second-order valence-corrected chi connectivity index (χ2v) is 6.51. The highest BCUT2D eigenvalue weighted by Crippen LogP contribution is 2.30. The second kappa shape index (κ2) is 7.52. The number of hydrogen-bond donors (Lipinski definition) is 1. The van der Waals surface area contributed by atoms with Crippen LogP contribution in [0.4, 0.5) is 5.69 Å². The summed E-state index contributed by atoms with van der Waals surface area (Å²) in [4.78, 5) is 16.8. The number of pyridine rings is 1. The molecule has 28 heavy (non-hydrogen) atoms. The molecule has 0 aliphatic rings. The van der Waals surface area contributed by atoms with Gasteiger partial charge in [0.15, 0.2) is 5.58 Å². The Balaban J connectivity index is 1.53. The predicted molar refractivity (Wildman–Crippen MR) is 107 cm³/mol. The van der Waals surface area contributed by atoms with Crippen LogP contribution in [0.5, 0.6) is 11.6 Å². The van der Waals surface area contributed by atoms with Gasteiger partial charge in [-0.05, 0) is 55.3 Å². The van der Waals surface area contributed by atoms with Crippen LogP contribution in [0.3, 0.4) is 0 Å². The Kier molecular flexibility index (Phi) is 4.76. The first-order chi connectivity index (χ1) is 13.6. The van der Waals surface area contributed by atoms with Crippen molar-refractivity contribution in [3.8, 4) is 11.6 Å². The average molecular weight is 373 g/mol. The third-order valence-electron chi connectivity index (χ3n) is 4.59. The molecule has 140 valence electrons. The summed E-state index contributed by atoms with van der Waals surface area (Å²) in [5, 5.41) is 7.69. The average Bonchev–Trinajstić information content (AvgIpc) is 3.10. The monoisotopic (exact) mass is 373 g/mol. The van der Waals surface area contributed by atoms with E-state index in [0.29, 0.717) is 28.6 Å². The molecule has 0 bridgehead atoms. The van der Waals surface area contributed by atoms with Gasteiger partial charge in [-0.15, -0.1) is 0 Å². The van der Waals surface area contributed by atoms with Crippen LogP contribution in [0.2, 0.25) is 0 Å². The van der Waals surface area contributed by atoms with Crippen LogP contribution in [-0.2, 0) is 11.2 Å². The normalized spacial score (nSPS) is 10.8. The SMILES string of the molecule is Cc1cccc(Oc2ncccc2NC(=O)Cc2noc3ccccc23)c1C. The first-order valence-electron chi connectivity index (χ1n) is 8.94. The molecular formula is C22H19N3O3. The Hall–Kier alpha value is -3.67. The molecule has 0 saturated heterocycles. The van der Waals surface area contributed by atoms with Crippen LogP contribution in [-0.4, -0.2) is 16.0 Å². The highest BCUT2D eigenvalue weighted by Gasteiger charge is 2.15. The highest BCUT2D eigenvalue weighted by atomic mass is 16.5. The molecule has 0 aliphatic heterocycles. The summed E-state index contributed by atoms with van der Waals surface area (Å²) >= 11 is 0. The lowest BCUT2D eigenvalue weighted by Gasteiger charge is -2.13. The van der Waals surface area contributed by atoms with Crippen molar-refractivity contribution in [2.75, 3.05) is 5.32 Å². The number of hydrogen-bond acceptors (Lipinski definition) is 5. The van der Waals surface area contributed by atoms with Crippen LogP contribution < -0.4 is 10.1 Å². The molecule has 4 aromatic rings. The lowest BCUT2D eigenvalue weighted by molar-refractivity contribution is -0.115. The van der Waals surface area contributed by atoms with E-state index < -0.39 is 0 Å². The summed E-state index contributed by atoms with van der Waals surface area (Å²) in [7, 11) is 0. The van der Waals surface area contributed by atoms with Gasteiger partial charge in [0.1, 0.15) is 17.1 Å². The lowest BCUT2D eigenvalue weighted by Crippen LogP contribution is -2.15. The first-order valence-corrected chi connectivity index (χ1v) is 8.94. The van der Waals surface area contributed by atoms with E-state index in [2.05, 4.69) is 15.5 Å². The summed E-state index contributed by atoms with van der Waals surface area (Å²) in [5.41, 5.74) is 3.90. The number of anilines is 1. The molecule has 1 amide bonds. The van der Waals surface area contributed by atoms with Gasteiger partial charge in [-0.3, -0.25) is 4.79 Å². The topological polar surface area (TPSA) is 77.2 Å². The fraction of sp³-hybridized carbons (Fsp3) is 0.136. The van der Waals surface area contributed by atoms with Crippen molar-refractivity contribution in [3.63, 3.8) is 0 Å². The van der Waals surface area contributed by atoms with Gasteiger partial charge >= 0.3 is 0 Å². The van der Waals surface area contributed by atoms with E-state index in [1.54, 1.807) is 18.3 Å². The first kappa shape index (κ1) is 17.7. The lowest BCUT2D eigenvalue weighted by atomic mass is 10.1. The smallest absolute Gasteiger partial charge is 0.243 e. The van der Waals surface area contributed by atoms with Gasteiger partial charge in [0.05, 0.1) is 6.42 Å². The van der Waals surface area contributed by atoms with Crippen LogP contribution >= 0.6 is 0 Å². The molecule has 0 saturated carbocycles. The van der Waals surface area contributed by atoms with Gasteiger partial charge in [0.2, 0.25) is 11.8 Å². The number of nitrogens with zero attached hydrogens (tertiary/aromatic N) is 2. The molecule has 1 N–H and O–H groups in total. The van der Waals surface area contributed by atoms with Crippen molar-refractivity contribution < 1.29 is 14.1 Å². The van der Waals surface area contributed by atoms with E-state index in [1.807, 2.05) is 56.3 Å². The molecule has 0 spiro atoms. The summed E-state index contributed by atoms with van der Waals surface area (Å²) in [6.45, 7) is 4.01. The Bertz CT molecular complexity index is 1150. The molecule has 2 aromatic heterocycles. The number of rotatable bonds is 5. The second-order valence-electron chi connectivity index (χ2n) is 6.51. The predicted octanol–water partition coefficient (Wildman–Crippen LogP) is 4.81. The molecule has 2 heterocycles. The van der Waals surface area contributed by atoms with E-state index in [-0.39, 0.29) is 12.3 Å². The summed E-state index contributed by atoms with van der Waals surface area (Å²) in [6, 6.07) is 16.8. The molecule has 0 atom stereocenters. The minimum atomic E-state index is -0.224. The zero-order valence-corrected chi connectivity index (χ0v) is 15.6. The van der Waals surface area contributed by atoms with Crippen molar-refractivity contribution in [1.29, 1.82) is 0 Å². The van der Waals surface area contributed by atoms with Crippen molar-refractivity contribution >= 4 is 22.6 Å². The number of benzene rings is 2. The molecule has 2 aromatic carbocycles. The zero-order valence-electron chi connectivity index (χ0n) is 15.6. The highest BCUT2D eigenvalue weighted by molar-refractivity contribution is 5.95. The number of nitrogens with one attached hydrogen (secondary N) is 1. The van der Waals surface area contributed by atoms with E-state index >= 15 is 0 Å². The molecule has 0 radical (unpaired) electrons. The molecule has 6 nitrogen and oxygen atoms in total. The number of amides is 1. The third kappa shape index (κ3) is 3.57. The zero-order chi connectivity index (χ0) is 19.5. The van der Waals surface area contributed by atoms with E-state index in [4.69, 9.17) is 9.26 Å². The van der Waals surface area contributed by atoms with Crippen LogP contribution in [0, 0.1) is 13.8 Å². The molecular weight excluding hydrogens is 354 g/mol.